The fourth-order valence-corrected chi connectivity index (χ4v) is 1.49. The molecule has 2 N–H and O–H groups in total. The maximum atomic E-state index is 10.9. The van der Waals surface area contributed by atoms with Gasteiger partial charge in [-0.3, -0.25) is 4.68 Å². The molecule has 0 spiro atoms. The van der Waals surface area contributed by atoms with Crippen LogP contribution in [-0.2, 0) is 22.8 Å². The molecule has 13 heavy (non-hydrogen) atoms. The lowest BCUT2D eigenvalue weighted by atomic mass is 10.3. The van der Waals surface area contributed by atoms with E-state index in [4.69, 9.17) is 9.88 Å². The first-order valence-corrected chi connectivity index (χ1v) is 5.00. The summed E-state index contributed by atoms with van der Waals surface area (Å²) in [5.74, 6) is 0. The maximum absolute atomic E-state index is 10.9. The van der Waals surface area contributed by atoms with E-state index in [0.717, 1.165) is 5.69 Å². The predicted molar refractivity (Wildman–Crippen MR) is 49.2 cm³/mol. The molecule has 0 radical (unpaired) electrons. The molecule has 5 nitrogen and oxygen atoms in total. The second-order valence-electron chi connectivity index (χ2n) is 2.71. The van der Waals surface area contributed by atoms with Crippen LogP contribution < -0.4 is 5.14 Å². The Kier molecular flexibility index (Phi) is 3.18. The lowest BCUT2D eigenvalue weighted by Crippen LogP contribution is -2.05. The number of hydrogen-bond acceptors (Lipinski definition) is 3. The Morgan fingerprint density at radius 3 is 2.77 bits per heavy atom. The van der Waals surface area contributed by atoms with Crippen molar-refractivity contribution in [3.63, 3.8) is 0 Å². The Morgan fingerprint density at radius 1 is 1.77 bits per heavy atom. The summed E-state index contributed by atoms with van der Waals surface area (Å²) in [6.07, 6.45) is -0.0743. The minimum atomic E-state index is -1.52. The molecule has 0 bridgehead atoms. The van der Waals surface area contributed by atoms with Crippen LogP contribution in [0.5, 0.6) is 0 Å². The Hall–Kier alpha value is -0.720. The monoisotopic (exact) mass is 203 g/mol. The SMILES string of the molecule is COC(C)c1cc(S(N)=O)nn1C. The largest absolute Gasteiger partial charge is 0.375 e. The van der Waals surface area contributed by atoms with Crippen molar-refractivity contribution in [1.29, 1.82) is 0 Å². The number of ether oxygens (including phenoxy) is 1. The van der Waals surface area contributed by atoms with Gasteiger partial charge in [-0.25, -0.2) is 9.35 Å². The van der Waals surface area contributed by atoms with Crippen molar-refractivity contribution in [3.8, 4) is 0 Å². The molecular weight excluding hydrogens is 190 g/mol. The summed E-state index contributed by atoms with van der Waals surface area (Å²) in [6, 6.07) is 1.68. The number of aromatic nitrogens is 2. The van der Waals surface area contributed by atoms with Crippen molar-refractivity contribution in [2.24, 2.45) is 12.2 Å². The van der Waals surface area contributed by atoms with E-state index in [-0.39, 0.29) is 6.10 Å². The van der Waals surface area contributed by atoms with Gasteiger partial charge in [-0.1, -0.05) is 0 Å². The summed E-state index contributed by atoms with van der Waals surface area (Å²) in [5, 5.41) is 9.56. The highest BCUT2D eigenvalue weighted by molar-refractivity contribution is 7.82. The highest BCUT2D eigenvalue weighted by Crippen LogP contribution is 2.16. The Labute approximate surface area is 79.5 Å². The quantitative estimate of drug-likeness (QED) is 0.758. The maximum Gasteiger partial charge on any atom is 0.164 e. The van der Waals surface area contributed by atoms with Gasteiger partial charge < -0.3 is 4.74 Å². The van der Waals surface area contributed by atoms with Crippen molar-refractivity contribution < 1.29 is 8.95 Å². The van der Waals surface area contributed by atoms with Crippen LogP contribution in [0, 0.1) is 0 Å². The number of hydrogen-bond donors (Lipinski definition) is 1. The molecule has 0 aliphatic rings. The predicted octanol–water partition coefficient (Wildman–Crippen LogP) is 0.109. The highest BCUT2D eigenvalue weighted by atomic mass is 32.2. The zero-order valence-corrected chi connectivity index (χ0v) is 8.67. The number of nitrogens with zero attached hydrogens (tertiary/aromatic N) is 2. The summed E-state index contributed by atoms with van der Waals surface area (Å²) in [7, 11) is 1.85. The van der Waals surface area contributed by atoms with Crippen molar-refractivity contribution in [3.05, 3.63) is 11.8 Å². The van der Waals surface area contributed by atoms with Gasteiger partial charge in [0, 0.05) is 14.2 Å². The molecular formula is C7H13N3O2S. The molecule has 0 amide bonds. The molecule has 1 heterocycles. The number of rotatable bonds is 3. The Morgan fingerprint density at radius 2 is 2.38 bits per heavy atom. The standard InChI is InChI=1S/C7H13N3O2S/c1-5(12-3)6-4-7(13(8)11)9-10(6)2/h4-5H,8H2,1-3H3. The van der Waals surface area contributed by atoms with Gasteiger partial charge >= 0.3 is 0 Å². The minimum absolute atomic E-state index is 0.0743. The average Bonchev–Trinajstić information content (AvgIpc) is 2.46. The first-order chi connectivity index (χ1) is 6.06. The van der Waals surface area contributed by atoms with Crippen molar-refractivity contribution >= 4 is 11.0 Å². The van der Waals surface area contributed by atoms with Crippen molar-refractivity contribution in [2.45, 2.75) is 18.1 Å². The van der Waals surface area contributed by atoms with Gasteiger partial charge in [-0.05, 0) is 13.0 Å². The van der Waals surface area contributed by atoms with Crippen LogP contribution in [0.25, 0.3) is 0 Å². The third kappa shape index (κ3) is 2.15. The zero-order valence-electron chi connectivity index (χ0n) is 7.85. The van der Waals surface area contributed by atoms with E-state index in [2.05, 4.69) is 5.10 Å². The van der Waals surface area contributed by atoms with Crippen LogP contribution in [0.15, 0.2) is 11.1 Å². The normalized spacial score (nSPS) is 15.7. The summed E-state index contributed by atoms with van der Waals surface area (Å²) < 4.78 is 17.6. The van der Waals surface area contributed by atoms with Crippen molar-refractivity contribution in [1.82, 2.24) is 9.78 Å². The van der Waals surface area contributed by atoms with Crippen LogP contribution in [-0.4, -0.2) is 21.1 Å². The van der Waals surface area contributed by atoms with Crippen LogP contribution in [0.2, 0.25) is 0 Å². The fraction of sp³-hybridized carbons (Fsp3) is 0.571. The molecule has 6 heteroatoms. The van der Waals surface area contributed by atoms with Crippen LogP contribution in [0.1, 0.15) is 18.7 Å². The number of nitrogens with two attached hydrogens (primary N) is 1. The molecule has 74 valence electrons. The van der Waals surface area contributed by atoms with E-state index in [9.17, 15) is 4.21 Å². The smallest absolute Gasteiger partial charge is 0.164 e. The topological polar surface area (TPSA) is 70.1 Å². The molecule has 2 unspecified atom stereocenters. The van der Waals surface area contributed by atoms with E-state index >= 15 is 0 Å². The lowest BCUT2D eigenvalue weighted by Gasteiger charge is -2.08. The molecule has 0 fully saturated rings. The van der Waals surface area contributed by atoms with Crippen LogP contribution in [0.3, 0.4) is 0 Å². The second-order valence-corrected chi connectivity index (χ2v) is 3.72. The zero-order chi connectivity index (χ0) is 10.0. The minimum Gasteiger partial charge on any atom is -0.375 e. The fourth-order valence-electron chi connectivity index (χ4n) is 1.05. The number of methoxy groups -OCH3 is 1. The van der Waals surface area contributed by atoms with Gasteiger partial charge in [-0.2, -0.15) is 5.10 Å². The summed E-state index contributed by atoms with van der Waals surface area (Å²) in [5.41, 5.74) is 0.858. The average molecular weight is 203 g/mol. The Balaban J connectivity index is 3.02. The highest BCUT2D eigenvalue weighted by Gasteiger charge is 2.13. The molecule has 0 saturated heterocycles. The molecule has 1 aromatic heterocycles. The first-order valence-electron chi connectivity index (χ1n) is 3.79. The molecule has 0 aromatic carbocycles. The lowest BCUT2D eigenvalue weighted by molar-refractivity contribution is 0.112. The van der Waals surface area contributed by atoms with E-state index < -0.39 is 11.0 Å². The Bertz CT molecular complexity index is 324. The third-order valence-electron chi connectivity index (χ3n) is 1.87. The van der Waals surface area contributed by atoms with Gasteiger partial charge in [0.25, 0.3) is 0 Å². The molecule has 0 aliphatic carbocycles. The van der Waals surface area contributed by atoms with E-state index in [1.165, 1.54) is 0 Å². The summed E-state index contributed by atoms with van der Waals surface area (Å²) in [4.78, 5) is 0. The molecule has 0 saturated carbocycles. The molecule has 1 rings (SSSR count). The van der Waals surface area contributed by atoms with Gasteiger partial charge in [0.05, 0.1) is 11.8 Å². The number of aryl methyl sites for hydroxylation is 1. The molecule has 0 aliphatic heterocycles. The van der Waals surface area contributed by atoms with Crippen LogP contribution >= 0.6 is 0 Å². The second kappa shape index (κ2) is 3.99. The van der Waals surface area contributed by atoms with Gasteiger partial charge in [0.15, 0.2) is 5.03 Å². The van der Waals surface area contributed by atoms with E-state index in [0.29, 0.717) is 5.03 Å². The molecule has 1 aromatic rings. The van der Waals surface area contributed by atoms with Crippen LogP contribution in [0.4, 0.5) is 0 Å². The summed E-state index contributed by atoms with van der Waals surface area (Å²) in [6.45, 7) is 1.89. The summed E-state index contributed by atoms with van der Waals surface area (Å²) >= 11 is 0. The van der Waals surface area contributed by atoms with Gasteiger partial charge in [-0.15, -0.1) is 0 Å². The van der Waals surface area contributed by atoms with Gasteiger partial charge in [0.2, 0.25) is 0 Å². The van der Waals surface area contributed by atoms with Crippen molar-refractivity contribution in [2.75, 3.05) is 7.11 Å². The van der Waals surface area contributed by atoms with E-state index in [1.54, 1.807) is 24.9 Å². The van der Waals surface area contributed by atoms with E-state index in [1.807, 2.05) is 6.92 Å². The first kappa shape index (κ1) is 10.4. The third-order valence-corrected chi connectivity index (χ3v) is 2.48. The molecule has 2 atom stereocenters. The van der Waals surface area contributed by atoms with Gasteiger partial charge in [0.1, 0.15) is 11.0 Å².